The van der Waals surface area contributed by atoms with Crippen LogP contribution in [-0.4, -0.2) is 29.6 Å². The van der Waals surface area contributed by atoms with Gasteiger partial charge in [-0.05, 0) is 6.92 Å². The maximum atomic E-state index is 12.4. The van der Waals surface area contributed by atoms with Crippen LogP contribution < -0.4 is 0 Å². The van der Waals surface area contributed by atoms with E-state index in [1.807, 2.05) is 0 Å². The molecule has 1 rings (SSSR count). The van der Waals surface area contributed by atoms with Crippen molar-refractivity contribution < 1.29 is 27.9 Å². The third kappa shape index (κ3) is 1.14. The van der Waals surface area contributed by atoms with Crippen LogP contribution in [0.25, 0.3) is 0 Å². The number of alkyl halides is 3. The summed E-state index contributed by atoms with van der Waals surface area (Å²) in [6.07, 6.45) is -4.89. The largest absolute Gasteiger partial charge is 0.480 e. The van der Waals surface area contributed by atoms with E-state index in [1.54, 1.807) is 0 Å². The van der Waals surface area contributed by atoms with Crippen molar-refractivity contribution in [3.8, 4) is 0 Å². The van der Waals surface area contributed by atoms with E-state index in [0.717, 1.165) is 6.92 Å². The molecule has 0 aliphatic carbocycles. The number of carboxylic acids is 1. The number of carbonyl (C=O) groups is 1. The fourth-order valence-electron chi connectivity index (χ4n) is 1.03. The predicted octanol–water partition coefficient (Wildman–Crippen LogP) is 1.03. The molecule has 7 heteroatoms. The number of oxime groups is 1. The third-order valence-electron chi connectivity index (χ3n) is 1.95. The lowest BCUT2D eigenvalue weighted by atomic mass is 9.84. The first-order valence-electron chi connectivity index (χ1n) is 3.29. The number of aliphatic carboxylic acids is 1. The Labute approximate surface area is 71.0 Å². The van der Waals surface area contributed by atoms with E-state index in [9.17, 15) is 18.0 Å². The van der Waals surface area contributed by atoms with Gasteiger partial charge in [-0.2, -0.15) is 13.2 Å². The SMILES string of the molecule is CC1=NOCC1(C(=O)O)C(F)(F)F. The van der Waals surface area contributed by atoms with E-state index in [0.29, 0.717) is 0 Å². The fourth-order valence-corrected chi connectivity index (χ4v) is 1.03. The van der Waals surface area contributed by atoms with E-state index in [-0.39, 0.29) is 0 Å². The summed E-state index contributed by atoms with van der Waals surface area (Å²) in [4.78, 5) is 14.6. The molecule has 0 saturated heterocycles. The minimum atomic E-state index is -4.89. The molecule has 13 heavy (non-hydrogen) atoms. The van der Waals surface area contributed by atoms with Crippen molar-refractivity contribution in [2.75, 3.05) is 6.61 Å². The minimum Gasteiger partial charge on any atom is -0.480 e. The van der Waals surface area contributed by atoms with E-state index < -0.39 is 29.9 Å². The van der Waals surface area contributed by atoms with Crippen LogP contribution in [0.3, 0.4) is 0 Å². The number of nitrogens with zero attached hydrogens (tertiary/aromatic N) is 1. The normalized spacial score (nSPS) is 28.2. The molecule has 1 unspecified atom stereocenters. The van der Waals surface area contributed by atoms with Crippen LogP contribution in [0, 0.1) is 5.41 Å². The highest BCUT2D eigenvalue weighted by Gasteiger charge is 2.66. The second-order valence-electron chi connectivity index (χ2n) is 2.66. The van der Waals surface area contributed by atoms with Crippen LogP contribution in [0.5, 0.6) is 0 Å². The molecule has 1 heterocycles. The fraction of sp³-hybridized carbons (Fsp3) is 0.667. The van der Waals surface area contributed by atoms with Crippen molar-refractivity contribution in [3.63, 3.8) is 0 Å². The van der Waals surface area contributed by atoms with Crippen molar-refractivity contribution in [1.82, 2.24) is 0 Å². The van der Waals surface area contributed by atoms with E-state index in [1.165, 1.54) is 0 Å². The average molecular weight is 197 g/mol. The Balaban J connectivity index is 3.18. The molecule has 1 atom stereocenters. The van der Waals surface area contributed by atoms with Gasteiger partial charge in [0.05, 0.1) is 5.71 Å². The standard InChI is InChI=1S/C6H6F3NO3/c1-3-5(4(11)12,2-13-10-3)6(7,8)9/h2H2,1H3,(H,11,12). The zero-order valence-electron chi connectivity index (χ0n) is 6.55. The second-order valence-corrected chi connectivity index (χ2v) is 2.66. The van der Waals surface area contributed by atoms with Crippen LogP contribution in [0.4, 0.5) is 13.2 Å². The van der Waals surface area contributed by atoms with Crippen molar-refractivity contribution >= 4 is 11.7 Å². The number of hydrogen-bond donors (Lipinski definition) is 1. The van der Waals surface area contributed by atoms with E-state index in [4.69, 9.17) is 5.11 Å². The molecule has 0 spiro atoms. The summed E-state index contributed by atoms with van der Waals surface area (Å²) >= 11 is 0. The summed E-state index contributed by atoms with van der Waals surface area (Å²) in [6.45, 7) is -0.00766. The van der Waals surface area contributed by atoms with Crippen molar-refractivity contribution in [3.05, 3.63) is 0 Å². The Bertz CT molecular complexity index is 273. The van der Waals surface area contributed by atoms with Gasteiger partial charge in [0, 0.05) is 0 Å². The lowest BCUT2D eigenvalue weighted by molar-refractivity contribution is -0.216. The average Bonchev–Trinajstić information content (AvgIpc) is 2.29. The lowest BCUT2D eigenvalue weighted by Crippen LogP contribution is -2.50. The molecule has 1 N–H and O–H groups in total. The van der Waals surface area contributed by atoms with Gasteiger partial charge in [0.15, 0.2) is 0 Å². The van der Waals surface area contributed by atoms with Crippen molar-refractivity contribution in [1.29, 1.82) is 0 Å². The molecule has 0 aromatic rings. The number of halogens is 3. The summed E-state index contributed by atoms with van der Waals surface area (Å²) in [6, 6.07) is 0. The predicted molar refractivity (Wildman–Crippen MR) is 35.2 cm³/mol. The first-order valence-corrected chi connectivity index (χ1v) is 3.29. The third-order valence-corrected chi connectivity index (χ3v) is 1.95. The molecule has 0 radical (unpaired) electrons. The molecular weight excluding hydrogens is 191 g/mol. The Morgan fingerprint density at radius 1 is 1.69 bits per heavy atom. The molecule has 0 amide bonds. The maximum absolute atomic E-state index is 12.4. The molecule has 4 nitrogen and oxygen atoms in total. The highest BCUT2D eigenvalue weighted by atomic mass is 19.4. The highest BCUT2D eigenvalue weighted by molar-refractivity contribution is 6.06. The quantitative estimate of drug-likeness (QED) is 0.682. The van der Waals surface area contributed by atoms with Gasteiger partial charge in [0.25, 0.3) is 0 Å². The molecule has 1 aliphatic heterocycles. The molecule has 0 bridgehead atoms. The summed E-state index contributed by atoms with van der Waals surface area (Å²) in [5.41, 5.74) is -3.54. The second kappa shape index (κ2) is 2.61. The lowest BCUT2D eigenvalue weighted by Gasteiger charge is -2.24. The minimum absolute atomic E-state index is 0.576. The zero-order valence-corrected chi connectivity index (χ0v) is 6.55. The molecule has 0 aromatic carbocycles. The van der Waals surface area contributed by atoms with E-state index in [2.05, 4.69) is 9.99 Å². The zero-order chi connectivity index (χ0) is 10.3. The van der Waals surface area contributed by atoms with Crippen molar-refractivity contribution in [2.45, 2.75) is 13.1 Å². The van der Waals surface area contributed by atoms with Gasteiger partial charge in [-0.15, -0.1) is 0 Å². The van der Waals surface area contributed by atoms with Crippen LogP contribution in [0.2, 0.25) is 0 Å². The monoisotopic (exact) mass is 197 g/mol. The molecule has 0 fully saturated rings. The maximum Gasteiger partial charge on any atom is 0.413 e. The molecule has 74 valence electrons. The molecule has 0 aromatic heterocycles. The summed E-state index contributed by atoms with van der Waals surface area (Å²) in [5, 5.41) is 11.5. The Hall–Kier alpha value is -1.27. The molecule has 0 saturated carbocycles. The van der Waals surface area contributed by atoms with Gasteiger partial charge in [0.1, 0.15) is 6.61 Å². The number of rotatable bonds is 1. The van der Waals surface area contributed by atoms with Gasteiger partial charge in [0.2, 0.25) is 5.41 Å². The summed E-state index contributed by atoms with van der Waals surface area (Å²) in [5.74, 6) is -1.99. The number of carboxylic acid groups (broad SMARTS) is 1. The van der Waals surface area contributed by atoms with E-state index >= 15 is 0 Å². The Morgan fingerprint density at radius 3 is 2.38 bits per heavy atom. The summed E-state index contributed by atoms with van der Waals surface area (Å²) in [7, 11) is 0. The van der Waals surface area contributed by atoms with Crippen LogP contribution >= 0.6 is 0 Å². The van der Waals surface area contributed by atoms with Gasteiger partial charge < -0.3 is 9.94 Å². The molecule has 1 aliphatic rings. The summed E-state index contributed by atoms with van der Waals surface area (Å²) < 4.78 is 37.1. The van der Waals surface area contributed by atoms with Gasteiger partial charge >= 0.3 is 12.1 Å². The topological polar surface area (TPSA) is 58.9 Å². The van der Waals surface area contributed by atoms with Gasteiger partial charge in [-0.1, -0.05) is 5.16 Å². The first-order chi connectivity index (χ1) is 5.82. The Morgan fingerprint density at radius 2 is 2.23 bits per heavy atom. The van der Waals surface area contributed by atoms with Crippen LogP contribution in [0.1, 0.15) is 6.92 Å². The van der Waals surface area contributed by atoms with Gasteiger partial charge in [-0.25, -0.2) is 0 Å². The molecular formula is C6H6F3NO3. The Kier molecular flexibility index (Phi) is 1.97. The smallest absolute Gasteiger partial charge is 0.413 e. The number of hydrogen-bond acceptors (Lipinski definition) is 3. The van der Waals surface area contributed by atoms with Crippen molar-refractivity contribution in [2.24, 2.45) is 10.6 Å². The highest BCUT2D eigenvalue weighted by Crippen LogP contribution is 2.42. The van der Waals surface area contributed by atoms with Crippen LogP contribution in [0.15, 0.2) is 5.16 Å². The van der Waals surface area contributed by atoms with Crippen LogP contribution in [-0.2, 0) is 9.63 Å². The first kappa shape index (κ1) is 9.82. The van der Waals surface area contributed by atoms with Gasteiger partial charge in [-0.3, -0.25) is 4.79 Å².